The number of aliphatic hydroxyl groups is 1. The molecular weight excluding hydrogens is 265 g/mol. The minimum Gasteiger partial charge on any atom is -0.444 e. The summed E-state index contributed by atoms with van der Waals surface area (Å²) in [6.07, 6.45) is 2.39. The Balaban J connectivity index is 1.97. The molecule has 1 aromatic heterocycles. The van der Waals surface area contributed by atoms with Gasteiger partial charge >= 0.3 is 0 Å². The van der Waals surface area contributed by atoms with Crippen LogP contribution in [0, 0.1) is 5.82 Å². The Morgan fingerprint density at radius 2 is 2.11 bits per heavy atom. The Labute approximate surface area is 115 Å². The molecule has 1 N–H and O–H groups in total. The number of aliphatic hydroxyl groups excluding tert-OH is 1. The van der Waals surface area contributed by atoms with Crippen LogP contribution in [-0.2, 0) is 5.75 Å². The summed E-state index contributed by atoms with van der Waals surface area (Å²) >= 11 is 1.72. The SMILES string of the molecule is CC(CCO)SCc1coc(-c2ccc(F)cc2)n1. The van der Waals surface area contributed by atoms with Crippen molar-refractivity contribution in [3.05, 3.63) is 42.0 Å². The Morgan fingerprint density at radius 1 is 1.37 bits per heavy atom. The smallest absolute Gasteiger partial charge is 0.226 e. The van der Waals surface area contributed by atoms with Crippen molar-refractivity contribution in [3.8, 4) is 11.5 Å². The fourth-order valence-corrected chi connectivity index (χ4v) is 2.45. The van der Waals surface area contributed by atoms with Crippen LogP contribution in [0.1, 0.15) is 19.0 Å². The van der Waals surface area contributed by atoms with Crippen molar-refractivity contribution in [3.63, 3.8) is 0 Å². The van der Waals surface area contributed by atoms with E-state index in [0.717, 1.165) is 23.4 Å². The van der Waals surface area contributed by atoms with Gasteiger partial charge in [0.15, 0.2) is 0 Å². The summed E-state index contributed by atoms with van der Waals surface area (Å²) in [5.74, 6) is 0.973. The highest BCUT2D eigenvalue weighted by atomic mass is 32.2. The molecule has 0 bridgehead atoms. The zero-order valence-corrected chi connectivity index (χ0v) is 11.5. The molecule has 0 aliphatic heterocycles. The van der Waals surface area contributed by atoms with Crippen LogP contribution in [0.4, 0.5) is 4.39 Å². The van der Waals surface area contributed by atoms with Gasteiger partial charge in [0, 0.05) is 23.2 Å². The lowest BCUT2D eigenvalue weighted by Gasteiger charge is -2.06. The van der Waals surface area contributed by atoms with E-state index in [-0.39, 0.29) is 12.4 Å². The molecule has 0 amide bonds. The first-order chi connectivity index (χ1) is 9.19. The van der Waals surface area contributed by atoms with Gasteiger partial charge in [-0.15, -0.1) is 0 Å². The van der Waals surface area contributed by atoms with Gasteiger partial charge in [0.1, 0.15) is 12.1 Å². The quantitative estimate of drug-likeness (QED) is 0.880. The number of hydrogen-bond acceptors (Lipinski definition) is 4. The first-order valence-corrected chi connectivity index (χ1v) is 7.16. The lowest BCUT2D eigenvalue weighted by molar-refractivity contribution is 0.289. The highest BCUT2D eigenvalue weighted by Gasteiger charge is 2.09. The first kappa shape index (κ1) is 14.1. The summed E-state index contributed by atoms with van der Waals surface area (Å²) in [4.78, 5) is 4.37. The second kappa shape index (κ2) is 6.73. The third kappa shape index (κ3) is 4.08. The van der Waals surface area contributed by atoms with Gasteiger partial charge in [-0.25, -0.2) is 9.37 Å². The lowest BCUT2D eigenvalue weighted by Crippen LogP contribution is -1.99. The van der Waals surface area contributed by atoms with E-state index in [1.165, 1.54) is 12.1 Å². The second-order valence-corrected chi connectivity index (χ2v) is 5.71. The van der Waals surface area contributed by atoms with E-state index in [1.807, 2.05) is 0 Å². The van der Waals surface area contributed by atoms with Crippen molar-refractivity contribution in [1.29, 1.82) is 0 Å². The average Bonchev–Trinajstić information content (AvgIpc) is 2.86. The maximum Gasteiger partial charge on any atom is 0.226 e. The maximum atomic E-state index is 12.8. The number of aromatic nitrogens is 1. The molecule has 102 valence electrons. The van der Waals surface area contributed by atoms with Crippen LogP contribution in [0.5, 0.6) is 0 Å². The van der Waals surface area contributed by atoms with E-state index < -0.39 is 0 Å². The van der Waals surface area contributed by atoms with Crippen molar-refractivity contribution in [1.82, 2.24) is 4.98 Å². The number of benzene rings is 1. The molecule has 1 heterocycles. The summed E-state index contributed by atoms with van der Waals surface area (Å²) in [5, 5.41) is 9.22. The van der Waals surface area contributed by atoms with E-state index in [4.69, 9.17) is 9.52 Å². The van der Waals surface area contributed by atoms with E-state index in [2.05, 4.69) is 11.9 Å². The number of oxazole rings is 1. The highest BCUT2D eigenvalue weighted by Crippen LogP contribution is 2.23. The van der Waals surface area contributed by atoms with Gasteiger partial charge in [0.2, 0.25) is 5.89 Å². The fourth-order valence-electron chi connectivity index (χ4n) is 1.59. The van der Waals surface area contributed by atoms with Crippen LogP contribution >= 0.6 is 11.8 Å². The van der Waals surface area contributed by atoms with E-state index in [1.54, 1.807) is 30.2 Å². The predicted molar refractivity (Wildman–Crippen MR) is 74.4 cm³/mol. The summed E-state index contributed by atoms with van der Waals surface area (Å²) in [6.45, 7) is 2.27. The van der Waals surface area contributed by atoms with Gasteiger partial charge in [-0.3, -0.25) is 0 Å². The van der Waals surface area contributed by atoms with Gasteiger partial charge in [-0.1, -0.05) is 6.92 Å². The molecule has 0 aliphatic carbocycles. The van der Waals surface area contributed by atoms with Gasteiger partial charge in [-0.05, 0) is 30.7 Å². The van der Waals surface area contributed by atoms with E-state index >= 15 is 0 Å². The molecule has 0 radical (unpaired) electrons. The van der Waals surface area contributed by atoms with Crippen molar-refractivity contribution >= 4 is 11.8 Å². The predicted octanol–water partition coefficient (Wildman–Crippen LogP) is 3.48. The maximum absolute atomic E-state index is 12.8. The molecule has 1 unspecified atom stereocenters. The molecule has 0 spiro atoms. The third-order valence-corrected chi connectivity index (χ3v) is 3.96. The summed E-state index contributed by atoms with van der Waals surface area (Å²) in [6, 6.07) is 6.06. The zero-order chi connectivity index (χ0) is 13.7. The molecule has 0 aliphatic rings. The second-order valence-electron chi connectivity index (χ2n) is 4.28. The van der Waals surface area contributed by atoms with Crippen LogP contribution in [0.15, 0.2) is 34.9 Å². The normalized spacial score (nSPS) is 12.6. The Bertz CT molecular complexity index is 512. The summed E-state index contributed by atoms with van der Waals surface area (Å²) in [7, 11) is 0. The Hall–Kier alpha value is -1.33. The molecule has 0 saturated carbocycles. The van der Waals surface area contributed by atoms with Crippen LogP contribution in [0.25, 0.3) is 11.5 Å². The van der Waals surface area contributed by atoms with Gasteiger partial charge in [-0.2, -0.15) is 11.8 Å². The number of nitrogens with zero attached hydrogens (tertiary/aromatic N) is 1. The highest BCUT2D eigenvalue weighted by molar-refractivity contribution is 7.99. The summed E-state index contributed by atoms with van der Waals surface area (Å²) < 4.78 is 18.2. The largest absolute Gasteiger partial charge is 0.444 e. The fraction of sp³-hybridized carbons (Fsp3) is 0.357. The number of thioether (sulfide) groups is 1. The van der Waals surface area contributed by atoms with Gasteiger partial charge in [0.05, 0.1) is 5.69 Å². The number of hydrogen-bond donors (Lipinski definition) is 1. The molecule has 1 aromatic carbocycles. The monoisotopic (exact) mass is 281 g/mol. The molecule has 2 aromatic rings. The van der Waals surface area contributed by atoms with E-state index in [9.17, 15) is 4.39 Å². The van der Waals surface area contributed by atoms with Gasteiger partial charge < -0.3 is 9.52 Å². The zero-order valence-electron chi connectivity index (χ0n) is 10.7. The van der Waals surface area contributed by atoms with Crippen molar-refractivity contribution < 1.29 is 13.9 Å². The lowest BCUT2D eigenvalue weighted by atomic mass is 10.2. The van der Waals surface area contributed by atoms with Crippen LogP contribution < -0.4 is 0 Å². The first-order valence-electron chi connectivity index (χ1n) is 6.12. The van der Waals surface area contributed by atoms with Crippen LogP contribution in [0.2, 0.25) is 0 Å². The van der Waals surface area contributed by atoms with Crippen molar-refractivity contribution in [2.75, 3.05) is 6.61 Å². The standard InChI is InChI=1S/C14H16FNO2S/c1-10(6-7-17)19-9-13-8-18-14(16-13)11-2-4-12(15)5-3-11/h2-5,8,10,17H,6-7,9H2,1H3. The van der Waals surface area contributed by atoms with E-state index in [0.29, 0.717) is 11.1 Å². The van der Waals surface area contributed by atoms with Crippen LogP contribution in [-0.4, -0.2) is 21.9 Å². The number of rotatable bonds is 6. The minimum atomic E-state index is -0.274. The Kier molecular flexibility index (Phi) is 4.99. The molecule has 0 saturated heterocycles. The van der Waals surface area contributed by atoms with Crippen LogP contribution in [0.3, 0.4) is 0 Å². The number of halogens is 1. The summed E-state index contributed by atoms with van der Waals surface area (Å²) in [5.41, 5.74) is 1.62. The molecule has 19 heavy (non-hydrogen) atoms. The molecule has 1 atom stereocenters. The molecule has 5 heteroatoms. The molecule has 2 rings (SSSR count). The topological polar surface area (TPSA) is 46.3 Å². The van der Waals surface area contributed by atoms with Crippen molar-refractivity contribution in [2.45, 2.75) is 24.3 Å². The minimum absolute atomic E-state index is 0.202. The van der Waals surface area contributed by atoms with Crippen molar-refractivity contribution in [2.24, 2.45) is 0 Å². The molecule has 0 fully saturated rings. The molecular formula is C14H16FNO2S. The molecule has 3 nitrogen and oxygen atoms in total. The van der Waals surface area contributed by atoms with Gasteiger partial charge in [0.25, 0.3) is 0 Å². The Morgan fingerprint density at radius 3 is 2.79 bits per heavy atom. The average molecular weight is 281 g/mol. The third-order valence-electron chi connectivity index (χ3n) is 2.69.